The highest BCUT2D eigenvalue weighted by Gasteiger charge is 2.19. The van der Waals surface area contributed by atoms with Crippen LogP contribution in [0.15, 0.2) is 18.2 Å². The van der Waals surface area contributed by atoms with E-state index in [-0.39, 0.29) is 0 Å². The Kier molecular flexibility index (Phi) is 3.09. The van der Waals surface area contributed by atoms with Gasteiger partial charge in [0, 0.05) is 11.6 Å². The zero-order valence-corrected chi connectivity index (χ0v) is 9.27. The fourth-order valence-corrected chi connectivity index (χ4v) is 1.68. The van der Waals surface area contributed by atoms with Crippen LogP contribution in [-0.2, 0) is 6.54 Å². The molecule has 14 heavy (non-hydrogen) atoms. The Morgan fingerprint density at radius 1 is 1.43 bits per heavy atom. The Morgan fingerprint density at radius 3 is 2.86 bits per heavy atom. The third-order valence-electron chi connectivity index (χ3n) is 2.68. The highest BCUT2D eigenvalue weighted by Crippen LogP contribution is 2.27. The van der Waals surface area contributed by atoms with Gasteiger partial charge in [-0.1, -0.05) is 23.7 Å². The summed E-state index contributed by atoms with van der Waals surface area (Å²) in [7, 11) is 0. The summed E-state index contributed by atoms with van der Waals surface area (Å²) in [4.78, 5) is 0. The number of hydrogen-bond donors (Lipinski definition) is 1. The molecular weight excluding hydrogens is 194 g/mol. The smallest absolute Gasteiger partial charge is 0.0435 e. The van der Waals surface area contributed by atoms with Crippen LogP contribution in [0, 0.1) is 12.8 Å². The van der Waals surface area contributed by atoms with Gasteiger partial charge >= 0.3 is 0 Å². The number of nitrogens with one attached hydrogen (secondary N) is 1. The summed E-state index contributed by atoms with van der Waals surface area (Å²) in [5.74, 6) is 0.948. The summed E-state index contributed by atoms with van der Waals surface area (Å²) >= 11 is 5.95. The summed E-state index contributed by atoms with van der Waals surface area (Å²) in [5.41, 5.74) is 2.49. The molecule has 0 atom stereocenters. The highest BCUT2D eigenvalue weighted by molar-refractivity contribution is 6.31. The lowest BCUT2D eigenvalue weighted by Gasteiger charge is -2.05. The van der Waals surface area contributed by atoms with Crippen LogP contribution in [0.2, 0.25) is 5.02 Å². The summed E-state index contributed by atoms with van der Waals surface area (Å²) in [6.45, 7) is 4.18. The fraction of sp³-hybridized carbons (Fsp3) is 0.500. The second-order valence-corrected chi connectivity index (χ2v) is 4.57. The van der Waals surface area contributed by atoms with Crippen molar-refractivity contribution in [2.75, 3.05) is 6.54 Å². The number of rotatable bonds is 4. The average Bonchev–Trinajstić information content (AvgIpc) is 2.95. The van der Waals surface area contributed by atoms with Crippen LogP contribution in [0.5, 0.6) is 0 Å². The van der Waals surface area contributed by atoms with Gasteiger partial charge < -0.3 is 5.32 Å². The fourth-order valence-electron chi connectivity index (χ4n) is 1.56. The Balaban J connectivity index is 1.85. The van der Waals surface area contributed by atoms with Crippen molar-refractivity contribution in [1.29, 1.82) is 0 Å². The standard InChI is InChI=1S/C12H16ClN/c1-9-6-11(4-5-12(9)13)8-14-7-10-2-3-10/h4-6,10,14H,2-3,7-8H2,1H3. The van der Waals surface area contributed by atoms with Crippen molar-refractivity contribution in [1.82, 2.24) is 5.32 Å². The topological polar surface area (TPSA) is 12.0 Å². The lowest BCUT2D eigenvalue weighted by molar-refractivity contribution is 0.638. The molecule has 1 fully saturated rings. The van der Waals surface area contributed by atoms with Crippen LogP contribution in [0.25, 0.3) is 0 Å². The normalized spacial score (nSPS) is 15.9. The van der Waals surface area contributed by atoms with Crippen LogP contribution < -0.4 is 5.32 Å². The minimum atomic E-state index is 0.857. The molecule has 1 saturated carbocycles. The SMILES string of the molecule is Cc1cc(CNCC2CC2)ccc1Cl. The molecule has 2 rings (SSSR count). The van der Waals surface area contributed by atoms with Gasteiger partial charge in [0.2, 0.25) is 0 Å². The van der Waals surface area contributed by atoms with E-state index in [0.717, 1.165) is 23.0 Å². The molecule has 1 aliphatic rings. The first kappa shape index (κ1) is 10.0. The molecule has 1 aromatic rings. The van der Waals surface area contributed by atoms with Crippen LogP contribution in [-0.4, -0.2) is 6.54 Å². The molecule has 0 saturated heterocycles. The average molecular weight is 210 g/mol. The number of benzene rings is 1. The predicted molar refractivity (Wildman–Crippen MR) is 60.6 cm³/mol. The highest BCUT2D eigenvalue weighted by atomic mass is 35.5. The first-order valence-corrected chi connectivity index (χ1v) is 5.59. The maximum Gasteiger partial charge on any atom is 0.0435 e. The summed E-state index contributed by atoms with van der Waals surface area (Å²) in [5, 5.41) is 4.32. The van der Waals surface area contributed by atoms with Crippen LogP contribution >= 0.6 is 11.6 Å². The van der Waals surface area contributed by atoms with Gasteiger partial charge in [-0.15, -0.1) is 0 Å². The lowest BCUT2D eigenvalue weighted by atomic mass is 10.1. The molecule has 0 amide bonds. The maximum atomic E-state index is 5.95. The molecule has 0 aromatic heterocycles. The predicted octanol–water partition coefficient (Wildman–Crippen LogP) is 3.15. The van der Waals surface area contributed by atoms with Gasteiger partial charge in [0.05, 0.1) is 0 Å². The van der Waals surface area contributed by atoms with E-state index in [4.69, 9.17) is 11.6 Å². The van der Waals surface area contributed by atoms with Crippen molar-refractivity contribution >= 4 is 11.6 Å². The minimum absolute atomic E-state index is 0.857. The minimum Gasteiger partial charge on any atom is -0.312 e. The monoisotopic (exact) mass is 209 g/mol. The Hall–Kier alpha value is -0.530. The van der Waals surface area contributed by atoms with Crippen LogP contribution in [0.4, 0.5) is 0 Å². The van der Waals surface area contributed by atoms with E-state index in [9.17, 15) is 0 Å². The first-order chi connectivity index (χ1) is 6.75. The van der Waals surface area contributed by atoms with Crippen molar-refractivity contribution in [2.24, 2.45) is 5.92 Å². The molecule has 1 N–H and O–H groups in total. The number of hydrogen-bond acceptors (Lipinski definition) is 1. The third-order valence-corrected chi connectivity index (χ3v) is 3.11. The van der Waals surface area contributed by atoms with E-state index < -0.39 is 0 Å². The first-order valence-electron chi connectivity index (χ1n) is 5.21. The number of aryl methyl sites for hydroxylation is 1. The molecule has 1 aromatic carbocycles. The summed E-state index contributed by atoms with van der Waals surface area (Å²) in [6, 6.07) is 6.22. The zero-order valence-electron chi connectivity index (χ0n) is 8.52. The van der Waals surface area contributed by atoms with E-state index in [1.165, 1.54) is 24.9 Å². The molecule has 0 aliphatic heterocycles. The van der Waals surface area contributed by atoms with E-state index in [0.29, 0.717) is 0 Å². The molecule has 2 heteroatoms. The van der Waals surface area contributed by atoms with Crippen LogP contribution in [0.3, 0.4) is 0 Å². The van der Waals surface area contributed by atoms with Crippen LogP contribution in [0.1, 0.15) is 24.0 Å². The molecule has 1 aliphatic carbocycles. The van der Waals surface area contributed by atoms with E-state index in [2.05, 4.69) is 17.4 Å². The van der Waals surface area contributed by atoms with Crippen molar-refractivity contribution in [3.8, 4) is 0 Å². The Bertz CT molecular complexity index is 318. The molecule has 1 nitrogen and oxygen atoms in total. The Morgan fingerprint density at radius 2 is 2.21 bits per heavy atom. The van der Waals surface area contributed by atoms with Gasteiger partial charge in [-0.25, -0.2) is 0 Å². The summed E-state index contributed by atoms with van der Waals surface area (Å²) < 4.78 is 0. The third kappa shape index (κ3) is 2.73. The summed E-state index contributed by atoms with van der Waals surface area (Å²) in [6.07, 6.45) is 2.82. The molecule has 0 unspecified atom stereocenters. The lowest BCUT2D eigenvalue weighted by Crippen LogP contribution is -2.16. The van der Waals surface area contributed by atoms with Gasteiger partial charge in [0.15, 0.2) is 0 Å². The van der Waals surface area contributed by atoms with Gasteiger partial charge in [0.1, 0.15) is 0 Å². The number of halogens is 1. The van der Waals surface area contributed by atoms with Gasteiger partial charge in [-0.05, 0) is 49.4 Å². The Labute approximate surface area is 90.5 Å². The maximum absolute atomic E-state index is 5.95. The van der Waals surface area contributed by atoms with Gasteiger partial charge in [-0.2, -0.15) is 0 Å². The molecule has 76 valence electrons. The molecule has 0 radical (unpaired) electrons. The molecule has 0 bridgehead atoms. The van der Waals surface area contributed by atoms with Crippen molar-refractivity contribution < 1.29 is 0 Å². The van der Waals surface area contributed by atoms with E-state index in [1.54, 1.807) is 0 Å². The quantitative estimate of drug-likeness (QED) is 0.804. The molecular formula is C12H16ClN. The van der Waals surface area contributed by atoms with Crippen molar-refractivity contribution in [3.05, 3.63) is 34.3 Å². The second kappa shape index (κ2) is 4.33. The van der Waals surface area contributed by atoms with E-state index in [1.807, 2.05) is 13.0 Å². The largest absolute Gasteiger partial charge is 0.312 e. The second-order valence-electron chi connectivity index (χ2n) is 4.16. The zero-order chi connectivity index (χ0) is 9.97. The molecule has 0 heterocycles. The van der Waals surface area contributed by atoms with E-state index >= 15 is 0 Å². The van der Waals surface area contributed by atoms with Gasteiger partial charge in [0.25, 0.3) is 0 Å². The van der Waals surface area contributed by atoms with Crippen molar-refractivity contribution in [2.45, 2.75) is 26.3 Å². The molecule has 0 spiro atoms. The van der Waals surface area contributed by atoms with Crippen molar-refractivity contribution in [3.63, 3.8) is 0 Å². The van der Waals surface area contributed by atoms with Gasteiger partial charge in [-0.3, -0.25) is 0 Å².